The lowest BCUT2D eigenvalue weighted by molar-refractivity contribution is -0.137. The Hall–Kier alpha value is -3.48. The maximum absolute atomic E-state index is 14.1. The zero-order valence-corrected chi connectivity index (χ0v) is 28.5. The van der Waals surface area contributed by atoms with Crippen molar-refractivity contribution in [2.24, 2.45) is 11.7 Å². The minimum atomic E-state index is -0.712. The van der Waals surface area contributed by atoms with E-state index in [0.29, 0.717) is 54.5 Å². The van der Waals surface area contributed by atoms with Crippen LogP contribution < -0.4 is 11.1 Å². The number of Topliss-reactive ketones (excluding diaryl/α,β-unsaturated/α-hetero) is 2. The van der Waals surface area contributed by atoms with E-state index < -0.39 is 12.0 Å². The number of fused-ring (bicyclic) bond motifs is 1. The second-order valence-electron chi connectivity index (χ2n) is 12.7. The monoisotopic (exact) mass is 691 g/mol. The number of benzene rings is 2. The van der Waals surface area contributed by atoms with Crippen LogP contribution in [0.15, 0.2) is 59.1 Å². The SMILES string of the molecule is NCCCC[C@H](CC(=O)[C@@H]1C[C@@H](OCc2ccc(Cl)cc2)CN1C(=O)Cc1cnc([C@H]2CCCNC2)s1)C(=O)c1nc2ccccc2o1. The maximum Gasteiger partial charge on any atom is 0.264 e. The third kappa shape index (κ3) is 8.56. The van der Waals surface area contributed by atoms with Gasteiger partial charge in [-0.25, -0.2) is 9.97 Å². The number of thiazole rings is 1. The number of hydrogen-bond donors (Lipinski definition) is 2. The number of hydrogen-bond acceptors (Lipinski definition) is 10. The van der Waals surface area contributed by atoms with E-state index in [-0.39, 0.29) is 48.9 Å². The van der Waals surface area contributed by atoms with E-state index in [9.17, 15) is 14.4 Å². The molecule has 10 nitrogen and oxygen atoms in total. The zero-order chi connectivity index (χ0) is 33.5. The summed E-state index contributed by atoms with van der Waals surface area (Å²) in [4.78, 5) is 53.3. The Morgan fingerprint density at radius 3 is 2.75 bits per heavy atom. The molecule has 4 aromatic rings. The molecule has 0 radical (unpaired) electrons. The summed E-state index contributed by atoms with van der Waals surface area (Å²) >= 11 is 7.63. The lowest BCUT2D eigenvalue weighted by Gasteiger charge is -2.25. The van der Waals surface area contributed by atoms with Gasteiger partial charge in [0, 0.05) is 53.9 Å². The second-order valence-corrected chi connectivity index (χ2v) is 14.3. The minimum Gasteiger partial charge on any atom is -0.434 e. The van der Waals surface area contributed by atoms with E-state index in [4.69, 9.17) is 26.5 Å². The van der Waals surface area contributed by atoms with E-state index >= 15 is 0 Å². The lowest BCUT2D eigenvalue weighted by Crippen LogP contribution is -2.42. The summed E-state index contributed by atoms with van der Waals surface area (Å²) in [5.74, 6) is -0.906. The minimum absolute atomic E-state index is 0.000516. The van der Waals surface area contributed by atoms with E-state index in [1.807, 2.05) is 36.4 Å². The molecule has 2 aromatic carbocycles. The van der Waals surface area contributed by atoms with Crippen LogP contribution in [0.1, 0.15) is 77.0 Å². The number of ether oxygens (including phenoxy) is 1. The van der Waals surface area contributed by atoms with Crippen LogP contribution in [0.2, 0.25) is 5.02 Å². The van der Waals surface area contributed by atoms with Crippen LogP contribution in [-0.2, 0) is 27.4 Å². The van der Waals surface area contributed by atoms with Crippen molar-refractivity contribution in [3.8, 4) is 0 Å². The summed E-state index contributed by atoms with van der Waals surface area (Å²) in [5, 5.41) is 5.11. The summed E-state index contributed by atoms with van der Waals surface area (Å²) in [6.07, 6.45) is 6.01. The van der Waals surface area contributed by atoms with E-state index in [0.717, 1.165) is 47.8 Å². The van der Waals surface area contributed by atoms with Crippen LogP contribution in [0.5, 0.6) is 0 Å². The molecule has 4 atom stereocenters. The van der Waals surface area contributed by atoms with Gasteiger partial charge in [0.05, 0.1) is 30.2 Å². The predicted octanol–water partition coefficient (Wildman–Crippen LogP) is 5.72. The van der Waals surface area contributed by atoms with Crippen LogP contribution in [0.4, 0.5) is 0 Å². The van der Waals surface area contributed by atoms with Gasteiger partial charge >= 0.3 is 0 Å². The van der Waals surface area contributed by atoms with Crippen LogP contribution in [0.3, 0.4) is 0 Å². The molecule has 0 bridgehead atoms. The molecule has 2 aliphatic rings. The fourth-order valence-electron chi connectivity index (χ4n) is 6.59. The lowest BCUT2D eigenvalue weighted by atomic mass is 9.89. The summed E-state index contributed by atoms with van der Waals surface area (Å²) in [6.45, 7) is 3.03. The summed E-state index contributed by atoms with van der Waals surface area (Å²) in [5.41, 5.74) is 7.81. The Balaban J connectivity index is 1.18. The molecule has 3 N–H and O–H groups in total. The van der Waals surface area contributed by atoms with Crippen LogP contribution in [-0.4, -0.2) is 70.7 Å². The smallest absolute Gasteiger partial charge is 0.264 e. The second kappa shape index (κ2) is 16.3. The number of nitrogens with zero attached hydrogens (tertiary/aromatic N) is 3. The molecule has 2 aromatic heterocycles. The van der Waals surface area contributed by atoms with Gasteiger partial charge in [-0.15, -0.1) is 11.3 Å². The number of rotatable bonds is 15. The highest BCUT2D eigenvalue weighted by atomic mass is 35.5. The van der Waals surface area contributed by atoms with E-state index in [1.165, 1.54) is 0 Å². The van der Waals surface area contributed by atoms with Crippen molar-refractivity contribution in [3.63, 3.8) is 0 Å². The van der Waals surface area contributed by atoms with Gasteiger partial charge in [0.25, 0.3) is 5.89 Å². The zero-order valence-electron chi connectivity index (χ0n) is 26.9. The average Bonchev–Trinajstić information content (AvgIpc) is 3.86. The number of ketones is 2. The third-order valence-corrected chi connectivity index (χ3v) is 10.6. The Morgan fingerprint density at radius 2 is 1.98 bits per heavy atom. The van der Waals surface area contributed by atoms with Gasteiger partial charge in [0.15, 0.2) is 11.4 Å². The Labute approximate surface area is 289 Å². The molecule has 6 rings (SSSR count). The van der Waals surface area contributed by atoms with Crippen LogP contribution in [0.25, 0.3) is 11.1 Å². The molecule has 4 heterocycles. The van der Waals surface area contributed by atoms with Gasteiger partial charge in [0.2, 0.25) is 11.7 Å². The van der Waals surface area contributed by atoms with E-state index in [1.54, 1.807) is 34.6 Å². The first-order valence-corrected chi connectivity index (χ1v) is 18.0. The third-order valence-electron chi connectivity index (χ3n) is 9.23. The highest BCUT2D eigenvalue weighted by molar-refractivity contribution is 7.11. The topological polar surface area (TPSA) is 141 Å². The number of likely N-dealkylation sites (tertiary alicyclic amines) is 1. The van der Waals surface area contributed by atoms with Gasteiger partial charge in [-0.05, 0) is 68.6 Å². The number of carbonyl (C=O) groups excluding carboxylic acids is 3. The molecule has 1 amide bonds. The molecule has 2 saturated heterocycles. The van der Waals surface area contributed by atoms with Crippen molar-refractivity contribution >= 4 is 51.5 Å². The van der Waals surface area contributed by atoms with Crippen molar-refractivity contribution in [1.82, 2.24) is 20.2 Å². The van der Waals surface area contributed by atoms with Gasteiger partial charge in [0.1, 0.15) is 5.52 Å². The standard InChI is InChI=1S/C36H42ClN5O5S/c37-26-12-10-23(11-13-26)22-46-27-17-30(42(21-27)33(44)18-28-20-40-36(48-28)25-7-5-15-39-19-25)31(43)16-24(6-3-4-14-38)34(45)35-41-29-8-1-2-9-32(29)47-35/h1-2,8-13,20,24-25,27,30,39H,3-7,14-19,21-22,38H2/t24-,25+,27-,30+/m1/s1. The van der Waals surface area contributed by atoms with Crippen molar-refractivity contribution < 1.29 is 23.5 Å². The summed E-state index contributed by atoms with van der Waals surface area (Å²) < 4.78 is 12.0. The maximum atomic E-state index is 14.1. The van der Waals surface area contributed by atoms with Gasteiger partial charge < -0.3 is 25.1 Å². The molecule has 0 aliphatic carbocycles. The van der Waals surface area contributed by atoms with Crippen molar-refractivity contribution in [1.29, 1.82) is 0 Å². The highest BCUT2D eigenvalue weighted by Crippen LogP contribution is 2.31. The molecule has 12 heteroatoms. The molecule has 0 saturated carbocycles. The number of unbranched alkanes of at least 4 members (excludes halogenated alkanes) is 1. The molecule has 2 aliphatic heterocycles. The highest BCUT2D eigenvalue weighted by Gasteiger charge is 2.41. The molecule has 48 heavy (non-hydrogen) atoms. The van der Waals surface area contributed by atoms with Gasteiger partial charge in [-0.3, -0.25) is 14.4 Å². The van der Waals surface area contributed by atoms with Crippen LogP contribution >= 0.6 is 22.9 Å². The average molecular weight is 692 g/mol. The number of nitrogens with one attached hydrogen (secondary N) is 1. The normalized spacial score (nSPS) is 20.3. The number of nitrogens with two attached hydrogens (primary N) is 1. The molecule has 254 valence electrons. The largest absolute Gasteiger partial charge is 0.434 e. The van der Waals surface area contributed by atoms with Crippen LogP contribution in [0, 0.1) is 5.92 Å². The molecular formula is C36H42ClN5O5S. The fourth-order valence-corrected chi connectivity index (χ4v) is 7.76. The first kappa shape index (κ1) is 34.4. The van der Waals surface area contributed by atoms with Gasteiger partial charge in [-0.1, -0.05) is 42.3 Å². The van der Waals surface area contributed by atoms with Crippen molar-refractivity contribution in [3.05, 3.63) is 81.1 Å². The molecule has 0 unspecified atom stereocenters. The number of amides is 1. The fraction of sp³-hybridized carbons (Fsp3) is 0.472. The number of oxazole rings is 1. The number of piperidine rings is 1. The number of para-hydroxylation sites is 2. The van der Waals surface area contributed by atoms with E-state index in [2.05, 4.69) is 15.3 Å². The van der Waals surface area contributed by atoms with Gasteiger partial charge in [-0.2, -0.15) is 0 Å². The first-order chi connectivity index (χ1) is 23.4. The number of aromatic nitrogens is 2. The molecular weight excluding hydrogens is 650 g/mol. The Morgan fingerprint density at radius 1 is 1.15 bits per heavy atom. The summed E-state index contributed by atoms with van der Waals surface area (Å²) in [7, 11) is 0. The number of carbonyl (C=O) groups is 3. The quantitative estimate of drug-likeness (QED) is 0.118. The van der Waals surface area contributed by atoms with Crippen molar-refractivity contribution in [2.45, 2.75) is 76.0 Å². The molecule has 0 spiro atoms. The Kier molecular flexibility index (Phi) is 11.7. The predicted molar refractivity (Wildman–Crippen MR) is 185 cm³/mol. The number of halogens is 1. The molecule has 2 fully saturated rings. The summed E-state index contributed by atoms with van der Waals surface area (Å²) in [6, 6.07) is 13.9. The Bertz CT molecular complexity index is 1670. The van der Waals surface area contributed by atoms with Crippen molar-refractivity contribution in [2.75, 3.05) is 26.2 Å². The first-order valence-electron chi connectivity index (χ1n) is 16.8.